The van der Waals surface area contributed by atoms with Crippen molar-refractivity contribution >= 4 is 11.9 Å². The summed E-state index contributed by atoms with van der Waals surface area (Å²) in [6, 6.07) is 3.01. The number of carboxylic acids is 1. The smallest absolute Gasteiger partial charge is 0.311 e. The van der Waals surface area contributed by atoms with Crippen molar-refractivity contribution in [3.05, 3.63) is 58.5 Å². The first-order valence-electron chi connectivity index (χ1n) is 8.03. The van der Waals surface area contributed by atoms with Crippen molar-refractivity contribution < 1.29 is 32.6 Å². The third kappa shape index (κ3) is 3.60. The molecule has 0 spiro atoms. The van der Waals surface area contributed by atoms with Crippen LogP contribution in [0.1, 0.15) is 39.8 Å². The predicted molar refractivity (Wildman–Crippen MR) is 85.7 cm³/mol. The zero-order valence-electron chi connectivity index (χ0n) is 13.9. The van der Waals surface area contributed by atoms with Crippen LogP contribution in [0.5, 0.6) is 0 Å². The molecule has 6 nitrogen and oxygen atoms in total. The van der Waals surface area contributed by atoms with E-state index in [9.17, 15) is 18.4 Å². The summed E-state index contributed by atoms with van der Waals surface area (Å²) in [5.74, 6) is -3.49. The number of benzene rings is 1. The third-order valence-electron chi connectivity index (χ3n) is 4.27. The zero-order valence-corrected chi connectivity index (χ0v) is 13.9. The van der Waals surface area contributed by atoms with E-state index in [0.29, 0.717) is 24.2 Å². The normalized spacial score (nSPS) is 19.5. The lowest BCUT2D eigenvalue weighted by Gasteiger charge is -2.20. The van der Waals surface area contributed by atoms with E-state index < -0.39 is 42.1 Å². The molecule has 0 radical (unpaired) electrons. The highest BCUT2D eigenvalue weighted by Crippen LogP contribution is 2.30. The monoisotopic (exact) mass is 365 g/mol. The topological polar surface area (TPSA) is 88.8 Å². The number of aryl methyl sites for hydroxylation is 1. The van der Waals surface area contributed by atoms with Gasteiger partial charge < -0.3 is 19.6 Å². The van der Waals surface area contributed by atoms with Crippen LogP contribution in [0, 0.1) is 18.6 Å². The molecule has 1 aliphatic heterocycles. The Kier molecular flexibility index (Phi) is 5.03. The molecular formula is C18H17F2NO5. The third-order valence-corrected chi connectivity index (χ3v) is 4.27. The Hall–Kier alpha value is -2.74. The maximum atomic E-state index is 13.5. The zero-order chi connectivity index (χ0) is 18.8. The second-order valence-corrected chi connectivity index (χ2v) is 6.12. The van der Waals surface area contributed by atoms with E-state index in [2.05, 4.69) is 5.32 Å². The van der Waals surface area contributed by atoms with Crippen LogP contribution >= 0.6 is 0 Å². The maximum Gasteiger partial charge on any atom is 0.311 e. The molecule has 1 aromatic carbocycles. The van der Waals surface area contributed by atoms with Gasteiger partial charge in [-0.1, -0.05) is 6.07 Å². The van der Waals surface area contributed by atoms with Crippen LogP contribution in [-0.4, -0.2) is 29.6 Å². The van der Waals surface area contributed by atoms with Gasteiger partial charge in [-0.15, -0.1) is 0 Å². The van der Waals surface area contributed by atoms with Crippen molar-refractivity contribution in [3.63, 3.8) is 0 Å². The fraction of sp³-hybridized carbons (Fsp3) is 0.333. The number of aliphatic carboxylic acids is 1. The molecule has 2 atom stereocenters. The summed E-state index contributed by atoms with van der Waals surface area (Å²) in [5, 5.41) is 11.7. The Bertz CT molecular complexity index is 848. The number of rotatable bonds is 5. The molecule has 0 saturated carbocycles. The fourth-order valence-corrected chi connectivity index (χ4v) is 3.07. The summed E-state index contributed by atoms with van der Waals surface area (Å²) in [7, 11) is 0. The Morgan fingerprint density at radius 1 is 1.31 bits per heavy atom. The van der Waals surface area contributed by atoms with Gasteiger partial charge >= 0.3 is 5.97 Å². The Morgan fingerprint density at radius 3 is 2.77 bits per heavy atom. The van der Waals surface area contributed by atoms with E-state index >= 15 is 0 Å². The Balaban J connectivity index is 1.79. The van der Waals surface area contributed by atoms with Gasteiger partial charge in [0.15, 0.2) is 11.6 Å². The van der Waals surface area contributed by atoms with Crippen molar-refractivity contribution in [1.29, 1.82) is 0 Å². The van der Waals surface area contributed by atoms with Crippen LogP contribution < -0.4 is 5.32 Å². The molecule has 1 fully saturated rings. The summed E-state index contributed by atoms with van der Waals surface area (Å²) in [6.07, 6.45) is 0.778. The van der Waals surface area contributed by atoms with Gasteiger partial charge in [0.05, 0.1) is 17.9 Å². The molecule has 1 saturated heterocycles. The quantitative estimate of drug-likeness (QED) is 0.851. The lowest BCUT2D eigenvalue weighted by atomic mass is 10.0. The molecule has 1 aliphatic rings. The minimum Gasteiger partial charge on any atom is -0.481 e. The standard InChI is InChI=1S/C18H17F2NO5/c1-9-8-26-14(7-15(22)23)16(9)18(24)21-13-4-5-25-17(13)10-2-3-11(19)12(20)6-10/h2-3,6,8,13,17H,4-5,7H2,1H3,(H,21,24)(H,22,23). The summed E-state index contributed by atoms with van der Waals surface area (Å²) >= 11 is 0. The van der Waals surface area contributed by atoms with E-state index in [-0.39, 0.29) is 11.3 Å². The van der Waals surface area contributed by atoms with E-state index in [0.717, 1.165) is 12.1 Å². The van der Waals surface area contributed by atoms with Gasteiger partial charge in [0, 0.05) is 12.2 Å². The largest absolute Gasteiger partial charge is 0.481 e. The lowest BCUT2D eigenvalue weighted by Crippen LogP contribution is -2.37. The minimum atomic E-state index is -1.11. The number of amides is 1. The molecule has 2 aromatic rings. The van der Waals surface area contributed by atoms with Gasteiger partial charge in [0.25, 0.3) is 5.91 Å². The average molecular weight is 365 g/mol. The van der Waals surface area contributed by atoms with Crippen molar-refractivity contribution in [2.24, 2.45) is 0 Å². The second-order valence-electron chi connectivity index (χ2n) is 6.12. The molecule has 3 rings (SSSR count). The molecule has 138 valence electrons. The van der Waals surface area contributed by atoms with Crippen molar-refractivity contribution in [2.75, 3.05) is 6.61 Å². The van der Waals surface area contributed by atoms with Crippen LogP contribution in [0.2, 0.25) is 0 Å². The van der Waals surface area contributed by atoms with Crippen LogP contribution in [0.15, 0.2) is 28.9 Å². The molecule has 26 heavy (non-hydrogen) atoms. The number of carbonyl (C=O) groups is 2. The molecule has 2 N–H and O–H groups in total. The van der Waals surface area contributed by atoms with Gasteiger partial charge in [0.1, 0.15) is 18.3 Å². The molecule has 1 amide bonds. The minimum absolute atomic E-state index is 0.0655. The molecule has 2 unspecified atom stereocenters. The first-order valence-corrected chi connectivity index (χ1v) is 8.03. The van der Waals surface area contributed by atoms with Gasteiger partial charge in [-0.05, 0) is 31.0 Å². The van der Waals surface area contributed by atoms with Crippen LogP contribution in [-0.2, 0) is 16.0 Å². The first-order chi connectivity index (χ1) is 12.4. The summed E-state index contributed by atoms with van der Waals surface area (Å²) < 4.78 is 37.4. The number of carboxylic acid groups (broad SMARTS) is 1. The van der Waals surface area contributed by atoms with Crippen molar-refractivity contribution in [1.82, 2.24) is 5.32 Å². The highest BCUT2D eigenvalue weighted by molar-refractivity contribution is 5.97. The van der Waals surface area contributed by atoms with Crippen LogP contribution in [0.25, 0.3) is 0 Å². The molecule has 2 heterocycles. The number of ether oxygens (including phenoxy) is 1. The number of furan rings is 1. The molecule has 0 aliphatic carbocycles. The van der Waals surface area contributed by atoms with E-state index in [1.54, 1.807) is 6.92 Å². The van der Waals surface area contributed by atoms with E-state index in [4.69, 9.17) is 14.3 Å². The van der Waals surface area contributed by atoms with Gasteiger partial charge in [0.2, 0.25) is 0 Å². The summed E-state index contributed by atoms with van der Waals surface area (Å²) in [6.45, 7) is 1.99. The fourth-order valence-electron chi connectivity index (χ4n) is 3.07. The van der Waals surface area contributed by atoms with Crippen LogP contribution in [0.3, 0.4) is 0 Å². The summed E-state index contributed by atoms with van der Waals surface area (Å²) in [4.78, 5) is 23.5. The molecule has 0 bridgehead atoms. The number of hydrogen-bond acceptors (Lipinski definition) is 4. The Morgan fingerprint density at radius 2 is 2.08 bits per heavy atom. The Labute approximate surface area is 147 Å². The van der Waals surface area contributed by atoms with Gasteiger partial charge in [-0.3, -0.25) is 9.59 Å². The second kappa shape index (κ2) is 7.25. The molecule has 1 aromatic heterocycles. The SMILES string of the molecule is Cc1coc(CC(=O)O)c1C(=O)NC1CCOC1c1ccc(F)c(F)c1. The highest BCUT2D eigenvalue weighted by Gasteiger charge is 2.33. The maximum absolute atomic E-state index is 13.5. The van der Waals surface area contributed by atoms with Gasteiger partial charge in [-0.2, -0.15) is 0 Å². The van der Waals surface area contributed by atoms with E-state index in [1.165, 1.54) is 12.3 Å². The molecular weight excluding hydrogens is 348 g/mol. The van der Waals surface area contributed by atoms with Gasteiger partial charge in [-0.25, -0.2) is 8.78 Å². The molecule has 8 heteroatoms. The predicted octanol–water partition coefficient (Wildman–Crippen LogP) is 2.75. The number of carbonyl (C=O) groups excluding carboxylic acids is 1. The number of nitrogens with one attached hydrogen (secondary N) is 1. The summed E-state index contributed by atoms with van der Waals surface area (Å²) in [5.41, 5.74) is 1.10. The van der Waals surface area contributed by atoms with Crippen molar-refractivity contribution in [2.45, 2.75) is 31.9 Å². The number of hydrogen-bond donors (Lipinski definition) is 2. The van der Waals surface area contributed by atoms with E-state index in [1.807, 2.05) is 0 Å². The lowest BCUT2D eigenvalue weighted by molar-refractivity contribution is -0.136. The average Bonchev–Trinajstić information content (AvgIpc) is 3.16. The first kappa shape index (κ1) is 18.1. The number of halogens is 2. The van der Waals surface area contributed by atoms with Crippen LogP contribution in [0.4, 0.5) is 8.78 Å². The van der Waals surface area contributed by atoms with Crippen molar-refractivity contribution in [3.8, 4) is 0 Å². The highest BCUT2D eigenvalue weighted by atomic mass is 19.2.